The quantitative estimate of drug-likeness (QED) is 0.783. The molecule has 0 aliphatic carbocycles. The molecule has 2 rings (SSSR count). The number of carbonyl (C=O) groups excluding carboxylic acids is 1. The molecule has 0 unspecified atom stereocenters. The van der Waals surface area contributed by atoms with Gasteiger partial charge in [-0.25, -0.2) is 13.8 Å². The first kappa shape index (κ1) is 12.7. The Bertz CT molecular complexity index is 575. The van der Waals surface area contributed by atoms with Gasteiger partial charge in [0.25, 0.3) is 6.43 Å². The van der Waals surface area contributed by atoms with Gasteiger partial charge in [-0.05, 0) is 12.1 Å². The number of aromatic nitrogens is 2. The van der Waals surface area contributed by atoms with E-state index in [9.17, 15) is 13.6 Å². The van der Waals surface area contributed by atoms with Crippen molar-refractivity contribution in [3.8, 4) is 0 Å². The van der Waals surface area contributed by atoms with Crippen LogP contribution in [0.1, 0.15) is 24.2 Å². The van der Waals surface area contributed by atoms with Crippen molar-refractivity contribution in [1.29, 1.82) is 0 Å². The number of nitrogens with zero attached hydrogens (tertiary/aromatic N) is 2. The summed E-state index contributed by atoms with van der Waals surface area (Å²) >= 11 is 0. The van der Waals surface area contributed by atoms with Gasteiger partial charge < -0.3 is 4.57 Å². The zero-order valence-corrected chi connectivity index (χ0v) is 10.2. The molecular weight excluding hydrogens is 238 g/mol. The molecule has 5 heteroatoms. The molecule has 2 aromatic rings. The molecule has 0 fully saturated rings. The number of alkyl halides is 2. The van der Waals surface area contributed by atoms with Crippen molar-refractivity contribution in [2.24, 2.45) is 5.92 Å². The first-order chi connectivity index (χ1) is 8.50. The SMILES string of the molecule is CC(C)C(=O)c1cn(CC(F)F)c2ncccc12. The smallest absolute Gasteiger partial charge is 0.256 e. The van der Waals surface area contributed by atoms with Gasteiger partial charge in [-0.1, -0.05) is 13.8 Å². The van der Waals surface area contributed by atoms with Crippen LogP contribution in [0.5, 0.6) is 0 Å². The highest BCUT2D eigenvalue weighted by Gasteiger charge is 2.19. The summed E-state index contributed by atoms with van der Waals surface area (Å²) in [6.07, 6.45) is 0.546. The van der Waals surface area contributed by atoms with E-state index in [1.54, 1.807) is 26.0 Å². The minimum atomic E-state index is -2.47. The van der Waals surface area contributed by atoms with E-state index in [1.807, 2.05) is 0 Å². The van der Waals surface area contributed by atoms with Crippen LogP contribution in [0.4, 0.5) is 8.78 Å². The summed E-state index contributed by atoms with van der Waals surface area (Å²) in [6.45, 7) is 3.13. The maximum absolute atomic E-state index is 12.5. The van der Waals surface area contributed by atoms with Crippen LogP contribution in [0.25, 0.3) is 11.0 Å². The molecule has 2 aromatic heterocycles. The summed E-state index contributed by atoms with van der Waals surface area (Å²) < 4.78 is 26.3. The van der Waals surface area contributed by atoms with Gasteiger partial charge in [0.1, 0.15) is 5.65 Å². The number of hydrogen-bond acceptors (Lipinski definition) is 2. The number of pyridine rings is 1. The zero-order valence-electron chi connectivity index (χ0n) is 10.2. The maximum Gasteiger partial charge on any atom is 0.256 e. The van der Waals surface area contributed by atoms with Gasteiger partial charge in [-0.15, -0.1) is 0 Å². The Morgan fingerprint density at radius 1 is 1.44 bits per heavy atom. The molecule has 0 atom stereocenters. The number of hydrogen-bond donors (Lipinski definition) is 0. The number of Topliss-reactive ketones (excluding diaryl/α,β-unsaturated/α-hetero) is 1. The Morgan fingerprint density at radius 3 is 2.78 bits per heavy atom. The molecule has 0 saturated carbocycles. The molecule has 0 N–H and O–H groups in total. The lowest BCUT2D eigenvalue weighted by molar-refractivity contribution is 0.0939. The van der Waals surface area contributed by atoms with Gasteiger partial charge in [-0.3, -0.25) is 4.79 Å². The zero-order chi connectivity index (χ0) is 13.3. The normalized spacial score (nSPS) is 11.7. The molecule has 0 amide bonds. The van der Waals surface area contributed by atoms with E-state index in [-0.39, 0.29) is 11.7 Å². The molecule has 0 radical (unpaired) electrons. The molecule has 0 aliphatic heterocycles. The maximum atomic E-state index is 12.5. The van der Waals surface area contributed by atoms with E-state index in [0.717, 1.165) is 0 Å². The third-order valence-corrected chi connectivity index (χ3v) is 2.76. The van der Waals surface area contributed by atoms with E-state index in [0.29, 0.717) is 16.6 Å². The van der Waals surface area contributed by atoms with Crippen molar-refractivity contribution >= 4 is 16.8 Å². The van der Waals surface area contributed by atoms with Crippen molar-refractivity contribution in [2.75, 3.05) is 0 Å². The number of halogens is 2. The van der Waals surface area contributed by atoms with E-state index in [4.69, 9.17) is 0 Å². The molecule has 2 heterocycles. The van der Waals surface area contributed by atoms with Crippen LogP contribution in [0.3, 0.4) is 0 Å². The van der Waals surface area contributed by atoms with Crippen molar-refractivity contribution in [3.05, 3.63) is 30.1 Å². The predicted molar refractivity (Wildman–Crippen MR) is 64.9 cm³/mol. The predicted octanol–water partition coefficient (Wildman–Crippen LogP) is 3.14. The van der Waals surface area contributed by atoms with E-state index in [2.05, 4.69) is 4.98 Å². The van der Waals surface area contributed by atoms with Crippen LogP contribution in [0, 0.1) is 5.92 Å². The lowest BCUT2D eigenvalue weighted by Crippen LogP contribution is -2.08. The number of fused-ring (bicyclic) bond motifs is 1. The van der Waals surface area contributed by atoms with Gasteiger partial charge in [0.2, 0.25) is 0 Å². The Kier molecular flexibility index (Phi) is 3.41. The van der Waals surface area contributed by atoms with Crippen molar-refractivity contribution < 1.29 is 13.6 Å². The topological polar surface area (TPSA) is 34.9 Å². The number of rotatable bonds is 4. The van der Waals surface area contributed by atoms with Crippen molar-refractivity contribution in [2.45, 2.75) is 26.8 Å². The molecule has 96 valence electrons. The Labute approximate surface area is 103 Å². The molecule has 0 saturated heterocycles. The second kappa shape index (κ2) is 4.84. The molecule has 0 aliphatic rings. The number of ketones is 1. The van der Waals surface area contributed by atoms with Crippen LogP contribution < -0.4 is 0 Å². The van der Waals surface area contributed by atoms with E-state index < -0.39 is 13.0 Å². The highest BCUT2D eigenvalue weighted by Crippen LogP contribution is 2.22. The lowest BCUT2D eigenvalue weighted by Gasteiger charge is -2.02. The Hall–Kier alpha value is -1.78. The standard InChI is InChI=1S/C13H14F2N2O/c1-8(2)12(18)10-6-17(7-11(14)15)13-9(10)4-3-5-16-13/h3-6,8,11H,7H2,1-2H3. The lowest BCUT2D eigenvalue weighted by atomic mass is 10.0. The second-order valence-electron chi connectivity index (χ2n) is 4.48. The van der Waals surface area contributed by atoms with Gasteiger partial charge in [0, 0.05) is 29.3 Å². The van der Waals surface area contributed by atoms with Gasteiger partial charge in [-0.2, -0.15) is 0 Å². The van der Waals surface area contributed by atoms with Crippen LogP contribution in [0.15, 0.2) is 24.5 Å². The third kappa shape index (κ3) is 2.25. The van der Waals surface area contributed by atoms with E-state index >= 15 is 0 Å². The van der Waals surface area contributed by atoms with Crippen LogP contribution >= 0.6 is 0 Å². The first-order valence-electron chi connectivity index (χ1n) is 5.77. The van der Waals surface area contributed by atoms with E-state index in [1.165, 1.54) is 17.0 Å². The summed E-state index contributed by atoms with van der Waals surface area (Å²) in [5.41, 5.74) is 0.899. The Morgan fingerprint density at radius 2 is 2.17 bits per heavy atom. The summed E-state index contributed by atoms with van der Waals surface area (Å²) in [7, 11) is 0. The molecule has 0 spiro atoms. The second-order valence-corrected chi connectivity index (χ2v) is 4.48. The first-order valence-corrected chi connectivity index (χ1v) is 5.77. The molecule has 0 aromatic carbocycles. The van der Waals surface area contributed by atoms with Gasteiger partial charge in [0.15, 0.2) is 5.78 Å². The fraction of sp³-hybridized carbons (Fsp3) is 0.385. The largest absolute Gasteiger partial charge is 0.326 e. The van der Waals surface area contributed by atoms with Gasteiger partial charge >= 0.3 is 0 Å². The average Bonchev–Trinajstić information content (AvgIpc) is 2.67. The molecular formula is C13H14F2N2O. The average molecular weight is 252 g/mol. The fourth-order valence-corrected chi connectivity index (χ4v) is 1.92. The van der Waals surface area contributed by atoms with Crippen molar-refractivity contribution in [3.63, 3.8) is 0 Å². The molecule has 3 nitrogen and oxygen atoms in total. The third-order valence-electron chi connectivity index (χ3n) is 2.76. The monoisotopic (exact) mass is 252 g/mol. The Balaban J connectivity index is 2.57. The number of carbonyl (C=O) groups is 1. The summed E-state index contributed by atoms with van der Waals surface area (Å²) in [6, 6.07) is 3.44. The van der Waals surface area contributed by atoms with Crippen LogP contribution in [-0.2, 0) is 6.54 Å². The van der Waals surface area contributed by atoms with Gasteiger partial charge in [0.05, 0.1) is 6.54 Å². The summed E-state index contributed by atoms with van der Waals surface area (Å²) in [4.78, 5) is 16.1. The summed E-state index contributed by atoms with van der Waals surface area (Å²) in [5, 5.41) is 0.636. The summed E-state index contributed by atoms with van der Waals surface area (Å²) in [5.74, 6) is -0.225. The minimum Gasteiger partial charge on any atom is -0.326 e. The van der Waals surface area contributed by atoms with Crippen LogP contribution in [-0.4, -0.2) is 21.8 Å². The van der Waals surface area contributed by atoms with Crippen molar-refractivity contribution in [1.82, 2.24) is 9.55 Å². The molecule has 0 bridgehead atoms. The van der Waals surface area contributed by atoms with Crippen LogP contribution in [0.2, 0.25) is 0 Å². The molecule has 18 heavy (non-hydrogen) atoms. The highest BCUT2D eigenvalue weighted by atomic mass is 19.3. The fourth-order valence-electron chi connectivity index (χ4n) is 1.92. The minimum absolute atomic E-state index is 0.0546. The highest BCUT2D eigenvalue weighted by molar-refractivity contribution is 6.08.